The summed E-state index contributed by atoms with van der Waals surface area (Å²) < 4.78 is 16.1. The van der Waals surface area contributed by atoms with E-state index in [0.717, 1.165) is 18.7 Å². The SMILES string of the molecule is COCc1ccc(C(=O)N2CCN(C(C)c3nc(-c4ccc(C)cc4)no3)CC2)o1. The van der Waals surface area contributed by atoms with Crippen LogP contribution in [-0.4, -0.2) is 59.1 Å². The van der Waals surface area contributed by atoms with E-state index in [4.69, 9.17) is 13.7 Å². The number of piperazine rings is 1. The van der Waals surface area contributed by atoms with Gasteiger partial charge in [0.2, 0.25) is 11.7 Å². The van der Waals surface area contributed by atoms with Gasteiger partial charge in [-0.2, -0.15) is 4.98 Å². The van der Waals surface area contributed by atoms with Crippen LogP contribution >= 0.6 is 0 Å². The van der Waals surface area contributed by atoms with Gasteiger partial charge in [-0.25, -0.2) is 0 Å². The third-order valence-electron chi connectivity index (χ3n) is 5.42. The average molecular weight is 410 g/mol. The lowest BCUT2D eigenvalue weighted by Gasteiger charge is -2.36. The molecular weight excluding hydrogens is 384 g/mol. The number of aromatic nitrogens is 2. The second-order valence-corrected chi connectivity index (χ2v) is 7.53. The predicted octanol–water partition coefficient (Wildman–Crippen LogP) is 3.30. The predicted molar refractivity (Wildman–Crippen MR) is 110 cm³/mol. The molecule has 3 aromatic rings. The molecule has 0 spiro atoms. The molecule has 1 aromatic carbocycles. The third-order valence-corrected chi connectivity index (χ3v) is 5.42. The molecule has 8 heteroatoms. The maximum Gasteiger partial charge on any atom is 0.289 e. The Balaban J connectivity index is 1.35. The molecule has 3 heterocycles. The van der Waals surface area contributed by atoms with Crippen molar-refractivity contribution < 1.29 is 18.5 Å². The summed E-state index contributed by atoms with van der Waals surface area (Å²) >= 11 is 0. The minimum Gasteiger partial charge on any atom is -0.453 e. The van der Waals surface area contributed by atoms with Gasteiger partial charge in [-0.3, -0.25) is 9.69 Å². The molecular formula is C22H26N4O4. The van der Waals surface area contributed by atoms with Crippen molar-refractivity contribution in [2.24, 2.45) is 0 Å². The molecule has 0 radical (unpaired) electrons. The molecule has 30 heavy (non-hydrogen) atoms. The van der Waals surface area contributed by atoms with Crippen LogP contribution in [0, 0.1) is 6.92 Å². The number of hydrogen-bond acceptors (Lipinski definition) is 7. The highest BCUT2D eigenvalue weighted by atomic mass is 16.5. The number of nitrogens with zero attached hydrogens (tertiary/aromatic N) is 4. The maximum absolute atomic E-state index is 12.7. The summed E-state index contributed by atoms with van der Waals surface area (Å²) in [4.78, 5) is 21.3. The summed E-state index contributed by atoms with van der Waals surface area (Å²) in [5, 5.41) is 4.13. The van der Waals surface area contributed by atoms with E-state index in [9.17, 15) is 4.79 Å². The second kappa shape index (κ2) is 8.81. The van der Waals surface area contributed by atoms with Gasteiger partial charge in [-0.05, 0) is 26.0 Å². The molecule has 1 saturated heterocycles. The molecule has 2 aromatic heterocycles. The number of rotatable bonds is 6. The normalized spacial score (nSPS) is 16.0. The Kier molecular flexibility index (Phi) is 5.96. The minimum atomic E-state index is -0.0934. The van der Waals surface area contributed by atoms with E-state index in [1.54, 1.807) is 19.2 Å². The number of ether oxygens (including phenoxy) is 1. The summed E-state index contributed by atoms with van der Waals surface area (Å²) in [5.74, 6) is 2.08. The first kappa shape index (κ1) is 20.3. The van der Waals surface area contributed by atoms with Crippen molar-refractivity contribution in [1.82, 2.24) is 19.9 Å². The van der Waals surface area contributed by atoms with E-state index in [0.29, 0.717) is 42.9 Å². The fraction of sp³-hybridized carbons (Fsp3) is 0.409. The van der Waals surface area contributed by atoms with Gasteiger partial charge in [0.15, 0.2) is 5.76 Å². The van der Waals surface area contributed by atoms with Crippen LogP contribution in [0.3, 0.4) is 0 Å². The van der Waals surface area contributed by atoms with Crippen LogP contribution in [0.2, 0.25) is 0 Å². The van der Waals surface area contributed by atoms with Gasteiger partial charge in [0.05, 0.1) is 6.04 Å². The molecule has 4 rings (SSSR count). The fourth-order valence-electron chi connectivity index (χ4n) is 3.56. The van der Waals surface area contributed by atoms with Crippen molar-refractivity contribution >= 4 is 5.91 Å². The average Bonchev–Trinajstić information content (AvgIpc) is 3.44. The molecule has 0 N–H and O–H groups in total. The van der Waals surface area contributed by atoms with Crippen molar-refractivity contribution in [3.05, 3.63) is 59.4 Å². The largest absolute Gasteiger partial charge is 0.453 e. The van der Waals surface area contributed by atoms with Crippen LogP contribution in [-0.2, 0) is 11.3 Å². The van der Waals surface area contributed by atoms with E-state index in [1.165, 1.54) is 5.56 Å². The Labute approximate surface area is 175 Å². The summed E-state index contributed by atoms with van der Waals surface area (Å²) in [6.45, 7) is 7.12. The number of carbonyl (C=O) groups excluding carboxylic acids is 1. The topological polar surface area (TPSA) is 84.8 Å². The van der Waals surface area contributed by atoms with Crippen molar-refractivity contribution in [2.45, 2.75) is 26.5 Å². The number of carbonyl (C=O) groups is 1. The van der Waals surface area contributed by atoms with Crippen molar-refractivity contribution in [2.75, 3.05) is 33.3 Å². The number of hydrogen-bond donors (Lipinski definition) is 0. The Hall–Kier alpha value is -2.97. The molecule has 0 saturated carbocycles. The Morgan fingerprint density at radius 1 is 1.13 bits per heavy atom. The molecule has 0 aliphatic carbocycles. The van der Waals surface area contributed by atoms with Crippen LogP contribution in [0.4, 0.5) is 0 Å². The van der Waals surface area contributed by atoms with E-state index >= 15 is 0 Å². The molecule has 0 bridgehead atoms. The number of methoxy groups -OCH3 is 1. The molecule has 8 nitrogen and oxygen atoms in total. The number of aryl methyl sites for hydroxylation is 1. The number of amides is 1. The Morgan fingerprint density at radius 2 is 1.87 bits per heavy atom. The quantitative estimate of drug-likeness (QED) is 0.616. The molecule has 158 valence electrons. The van der Waals surface area contributed by atoms with Crippen molar-refractivity contribution in [3.8, 4) is 11.4 Å². The third kappa shape index (κ3) is 4.29. The van der Waals surface area contributed by atoms with Gasteiger partial charge in [-0.1, -0.05) is 35.0 Å². The van der Waals surface area contributed by atoms with E-state index in [-0.39, 0.29) is 11.9 Å². The first-order chi connectivity index (χ1) is 14.5. The summed E-state index contributed by atoms with van der Waals surface area (Å²) in [7, 11) is 1.59. The van der Waals surface area contributed by atoms with Gasteiger partial charge in [0.1, 0.15) is 12.4 Å². The molecule has 1 unspecified atom stereocenters. The number of furan rings is 1. The highest BCUT2D eigenvalue weighted by Gasteiger charge is 2.29. The standard InChI is InChI=1S/C22H26N4O4/c1-15-4-6-17(7-5-15)20-23-21(30-24-20)16(2)25-10-12-26(13-11-25)22(27)19-9-8-18(29-19)14-28-3/h4-9,16H,10-14H2,1-3H3. The molecule has 1 amide bonds. The van der Waals surface area contributed by atoms with Crippen LogP contribution in [0.1, 0.15) is 40.7 Å². The highest BCUT2D eigenvalue weighted by molar-refractivity contribution is 5.91. The fourth-order valence-corrected chi connectivity index (χ4v) is 3.56. The van der Waals surface area contributed by atoms with Crippen LogP contribution in [0.25, 0.3) is 11.4 Å². The molecule has 1 atom stereocenters. The van der Waals surface area contributed by atoms with Crippen molar-refractivity contribution in [3.63, 3.8) is 0 Å². The Morgan fingerprint density at radius 3 is 2.57 bits per heavy atom. The lowest BCUT2D eigenvalue weighted by atomic mass is 10.1. The minimum absolute atomic E-state index is 0.0223. The lowest BCUT2D eigenvalue weighted by molar-refractivity contribution is 0.0519. The zero-order valence-electron chi connectivity index (χ0n) is 17.5. The maximum atomic E-state index is 12.7. The van der Waals surface area contributed by atoms with Gasteiger partial charge < -0.3 is 18.6 Å². The van der Waals surface area contributed by atoms with Gasteiger partial charge in [-0.15, -0.1) is 0 Å². The molecule has 1 aliphatic rings. The Bertz CT molecular complexity index is 987. The van der Waals surface area contributed by atoms with E-state index < -0.39 is 0 Å². The smallest absolute Gasteiger partial charge is 0.289 e. The van der Waals surface area contributed by atoms with Crippen LogP contribution in [0.15, 0.2) is 45.3 Å². The second-order valence-electron chi connectivity index (χ2n) is 7.53. The van der Waals surface area contributed by atoms with Crippen LogP contribution < -0.4 is 0 Å². The van der Waals surface area contributed by atoms with Crippen molar-refractivity contribution in [1.29, 1.82) is 0 Å². The van der Waals surface area contributed by atoms with Gasteiger partial charge in [0.25, 0.3) is 5.91 Å². The number of benzene rings is 1. The molecule has 1 aliphatic heterocycles. The van der Waals surface area contributed by atoms with Crippen LogP contribution in [0.5, 0.6) is 0 Å². The summed E-state index contributed by atoms with van der Waals surface area (Å²) in [5.41, 5.74) is 2.12. The zero-order valence-corrected chi connectivity index (χ0v) is 17.5. The summed E-state index contributed by atoms with van der Waals surface area (Å²) in [6, 6.07) is 11.5. The lowest BCUT2D eigenvalue weighted by Crippen LogP contribution is -2.49. The van der Waals surface area contributed by atoms with Gasteiger partial charge >= 0.3 is 0 Å². The summed E-state index contributed by atoms with van der Waals surface area (Å²) in [6.07, 6.45) is 0. The highest BCUT2D eigenvalue weighted by Crippen LogP contribution is 2.24. The molecule has 1 fully saturated rings. The first-order valence-corrected chi connectivity index (χ1v) is 10.1. The van der Waals surface area contributed by atoms with E-state index in [2.05, 4.69) is 15.0 Å². The monoisotopic (exact) mass is 410 g/mol. The first-order valence-electron chi connectivity index (χ1n) is 10.1. The van der Waals surface area contributed by atoms with Gasteiger partial charge in [0, 0.05) is 38.9 Å². The zero-order chi connectivity index (χ0) is 21.1. The van der Waals surface area contributed by atoms with E-state index in [1.807, 2.05) is 43.0 Å².